The highest BCUT2D eigenvalue weighted by Gasteiger charge is 2.26. The van der Waals surface area contributed by atoms with Gasteiger partial charge >= 0.3 is 0 Å². The van der Waals surface area contributed by atoms with Gasteiger partial charge in [-0.2, -0.15) is 5.26 Å². The van der Waals surface area contributed by atoms with Crippen LogP contribution in [0, 0.1) is 11.3 Å². The summed E-state index contributed by atoms with van der Waals surface area (Å²) in [6, 6.07) is 9.00. The topological polar surface area (TPSA) is 78.7 Å². The van der Waals surface area contributed by atoms with Gasteiger partial charge in [-0.1, -0.05) is 18.5 Å². The van der Waals surface area contributed by atoms with Gasteiger partial charge in [-0.25, -0.2) is 4.98 Å². The van der Waals surface area contributed by atoms with Gasteiger partial charge in [0.2, 0.25) is 0 Å². The van der Waals surface area contributed by atoms with Crippen LogP contribution >= 0.6 is 11.6 Å². The fraction of sp³-hybridized carbons (Fsp3) is 0.409. The molecule has 7 nitrogen and oxygen atoms in total. The van der Waals surface area contributed by atoms with Crippen LogP contribution in [0.1, 0.15) is 36.2 Å². The number of pyridine rings is 1. The van der Waals surface area contributed by atoms with Crippen molar-refractivity contribution in [2.24, 2.45) is 0 Å². The van der Waals surface area contributed by atoms with Crippen molar-refractivity contribution in [1.29, 1.82) is 5.26 Å². The normalized spacial score (nSPS) is 13.7. The molecule has 1 saturated heterocycles. The lowest BCUT2D eigenvalue weighted by molar-refractivity contribution is 0.0746. The fourth-order valence-corrected chi connectivity index (χ4v) is 3.60. The second kappa shape index (κ2) is 10.2. The van der Waals surface area contributed by atoms with E-state index in [9.17, 15) is 10.1 Å². The molecule has 1 aromatic heterocycles. The summed E-state index contributed by atoms with van der Waals surface area (Å²) in [7, 11) is 0. The number of ether oxygens (including phenoxy) is 2. The van der Waals surface area contributed by atoms with E-state index >= 15 is 0 Å². The quantitative estimate of drug-likeness (QED) is 0.668. The smallest absolute Gasteiger partial charge is 0.254 e. The number of nitrogens with zero attached hydrogens (tertiary/aromatic N) is 4. The molecule has 1 aliphatic heterocycles. The maximum Gasteiger partial charge on any atom is 0.254 e. The number of nitriles is 1. The minimum Gasteiger partial charge on any atom is -0.490 e. The molecule has 30 heavy (non-hydrogen) atoms. The van der Waals surface area contributed by atoms with Gasteiger partial charge in [0.15, 0.2) is 11.5 Å². The summed E-state index contributed by atoms with van der Waals surface area (Å²) in [5.74, 6) is 1.50. The Bertz CT molecular complexity index is 936. The van der Waals surface area contributed by atoms with Crippen LogP contribution in [-0.2, 0) is 0 Å². The summed E-state index contributed by atoms with van der Waals surface area (Å²) in [5.41, 5.74) is 1.00. The molecule has 1 fully saturated rings. The third-order valence-corrected chi connectivity index (χ3v) is 5.06. The van der Waals surface area contributed by atoms with E-state index < -0.39 is 0 Å². The van der Waals surface area contributed by atoms with Crippen LogP contribution in [0.5, 0.6) is 11.5 Å². The number of hydrogen-bond acceptors (Lipinski definition) is 6. The molecule has 2 heterocycles. The van der Waals surface area contributed by atoms with Gasteiger partial charge in [0.25, 0.3) is 5.91 Å². The Morgan fingerprint density at radius 2 is 2.00 bits per heavy atom. The SMILES string of the molecule is CCCOc1c(Cl)cc(C(=O)N2CCN(c3ncccc3C#N)CC2)cc1OCC. The molecule has 3 rings (SSSR count). The summed E-state index contributed by atoms with van der Waals surface area (Å²) < 4.78 is 11.4. The zero-order valence-corrected chi connectivity index (χ0v) is 18.0. The number of amides is 1. The molecular weight excluding hydrogens is 404 g/mol. The van der Waals surface area contributed by atoms with E-state index in [1.165, 1.54) is 0 Å². The Morgan fingerprint density at radius 1 is 1.23 bits per heavy atom. The summed E-state index contributed by atoms with van der Waals surface area (Å²) in [4.78, 5) is 21.2. The molecular formula is C22H25ClN4O3. The predicted octanol–water partition coefficient (Wildman–Crippen LogP) is 3.76. The van der Waals surface area contributed by atoms with Crippen molar-refractivity contribution >= 4 is 23.3 Å². The van der Waals surface area contributed by atoms with E-state index in [4.69, 9.17) is 21.1 Å². The van der Waals surface area contributed by atoms with Gasteiger partial charge in [0, 0.05) is 37.9 Å². The van der Waals surface area contributed by atoms with Crippen LogP contribution in [0.15, 0.2) is 30.5 Å². The third kappa shape index (κ3) is 4.77. The van der Waals surface area contributed by atoms with E-state index in [-0.39, 0.29) is 5.91 Å². The monoisotopic (exact) mass is 428 g/mol. The lowest BCUT2D eigenvalue weighted by Crippen LogP contribution is -2.49. The number of hydrogen-bond donors (Lipinski definition) is 0. The Kier molecular flexibility index (Phi) is 7.36. The minimum atomic E-state index is -0.110. The predicted molar refractivity (Wildman–Crippen MR) is 115 cm³/mol. The van der Waals surface area contributed by atoms with Crippen LogP contribution in [0.3, 0.4) is 0 Å². The number of piperazine rings is 1. The molecule has 0 radical (unpaired) electrons. The molecule has 1 amide bonds. The highest BCUT2D eigenvalue weighted by molar-refractivity contribution is 6.32. The maximum atomic E-state index is 13.1. The first kappa shape index (κ1) is 21.7. The first-order valence-corrected chi connectivity index (χ1v) is 10.4. The van der Waals surface area contributed by atoms with Crippen LogP contribution in [0.25, 0.3) is 0 Å². The van der Waals surface area contributed by atoms with Crippen molar-refractivity contribution in [2.45, 2.75) is 20.3 Å². The number of anilines is 1. The van der Waals surface area contributed by atoms with E-state index in [0.29, 0.717) is 72.9 Å². The number of benzene rings is 1. The highest BCUT2D eigenvalue weighted by atomic mass is 35.5. The van der Waals surface area contributed by atoms with Gasteiger partial charge in [-0.3, -0.25) is 4.79 Å². The Morgan fingerprint density at radius 3 is 2.67 bits per heavy atom. The number of carbonyl (C=O) groups is 1. The van der Waals surface area contributed by atoms with Crippen LogP contribution in [-0.4, -0.2) is 55.2 Å². The van der Waals surface area contributed by atoms with Crippen molar-refractivity contribution in [3.63, 3.8) is 0 Å². The molecule has 0 N–H and O–H groups in total. The van der Waals surface area contributed by atoms with Crippen LogP contribution in [0.2, 0.25) is 5.02 Å². The lowest BCUT2D eigenvalue weighted by Gasteiger charge is -2.35. The largest absolute Gasteiger partial charge is 0.490 e. The second-order valence-corrected chi connectivity index (χ2v) is 7.24. The average molecular weight is 429 g/mol. The molecule has 2 aromatic rings. The standard InChI is InChI=1S/C22H25ClN4O3/c1-3-12-30-20-18(23)13-17(14-19(20)29-4-2)22(28)27-10-8-26(9-11-27)21-16(15-24)6-5-7-25-21/h5-7,13-14H,3-4,8-12H2,1-2H3. The van der Waals surface area contributed by atoms with Crippen molar-refractivity contribution < 1.29 is 14.3 Å². The summed E-state index contributed by atoms with van der Waals surface area (Å²) in [5, 5.41) is 9.66. The van der Waals surface area contributed by atoms with Crippen molar-refractivity contribution in [3.05, 3.63) is 46.6 Å². The van der Waals surface area contributed by atoms with Crippen molar-refractivity contribution in [1.82, 2.24) is 9.88 Å². The van der Waals surface area contributed by atoms with E-state index in [0.717, 1.165) is 6.42 Å². The zero-order valence-electron chi connectivity index (χ0n) is 17.2. The maximum absolute atomic E-state index is 13.1. The first-order chi connectivity index (χ1) is 14.6. The second-order valence-electron chi connectivity index (χ2n) is 6.83. The molecule has 158 valence electrons. The van der Waals surface area contributed by atoms with Crippen molar-refractivity contribution in [2.75, 3.05) is 44.3 Å². The van der Waals surface area contributed by atoms with Gasteiger partial charge in [-0.05, 0) is 37.6 Å². The summed E-state index contributed by atoms with van der Waals surface area (Å²) in [6.07, 6.45) is 2.52. The molecule has 0 unspecified atom stereocenters. The lowest BCUT2D eigenvalue weighted by atomic mass is 10.1. The molecule has 0 spiro atoms. The molecule has 1 aliphatic rings. The van der Waals surface area contributed by atoms with Gasteiger partial charge in [0.1, 0.15) is 11.9 Å². The molecule has 0 atom stereocenters. The summed E-state index contributed by atoms with van der Waals surface area (Å²) >= 11 is 6.40. The fourth-order valence-electron chi connectivity index (χ4n) is 3.34. The van der Waals surface area contributed by atoms with E-state index in [2.05, 4.69) is 11.1 Å². The van der Waals surface area contributed by atoms with Gasteiger partial charge < -0.3 is 19.3 Å². The number of carbonyl (C=O) groups excluding carboxylic acids is 1. The molecule has 0 saturated carbocycles. The summed E-state index contributed by atoms with van der Waals surface area (Å²) in [6.45, 7) is 7.09. The molecule has 1 aromatic carbocycles. The number of rotatable bonds is 7. The Labute approximate surface area is 181 Å². The van der Waals surface area contributed by atoms with E-state index in [1.807, 2.05) is 18.7 Å². The van der Waals surface area contributed by atoms with E-state index in [1.54, 1.807) is 35.4 Å². The van der Waals surface area contributed by atoms with Crippen LogP contribution < -0.4 is 14.4 Å². The third-order valence-electron chi connectivity index (χ3n) is 4.78. The molecule has 0 aliphatic carbocycles. The average Bonchev–Trinajstić information content (AvgIpc) is 2.78. The molecule has 8 heteroatoms. The highest BCUT2D eigenvalue weighted by Crippen LogP contribution is 2.37. The minimum absolute atomic E-state index is 0.110. The number of halogens is 1. The number of aromatic nitrogens is 1. The first-order valence-electron chi connectivity index (χ1n) is 10.1. The van der Waals surface area contributed by atoms with Crippen molar-refractivity contribution in [3.8, 4) is 17.6 Å². The van der Waals surface area contributed by atoms with Gasteiger partial charge in [-0.15, -0.1) is 0 Å². The zero-order chi connectivity index (χ0) is 21.5. The Hall–Kier alpha value is -2.98. The Balaban J connectivity index is 1.74. The van der Waals surface area contributed by atoms with Gasteiger partial charge in [0.05, 0.1) is 23.8 Å². The molecule has 0 bridgehead atoms. The van der Waals surface area contributed by atoms with Crippen LogP contribution in [0.4, 0.5) is 5.82 Å².